The van der Waals surface area contributed by atoms with Crippen molar-refractivity contribution < 1.29 is 17.5 Å². The van der Waals surface area contributed by atoms with Gasteiger partial charge in [0.05, 0.1) is 22.2 Å². The first-order valence-corrected chi connectivity index (χ1v) is 11.1. The van der Waals surface area contributed by atoms with Gasteiger partial charge in [0.15, 0.2) is 0 Å². The fraction of sp³-hybridized carbons (Fsp3) is 0.368. The lowest BCUT2D eigenvalue weighted by Crippen LogP contribution is -2.54. The molecule has 2 unspecified atom stereocenters. The van der Waals surface area contributed by atoms with Crippen LogP contribution >= 0.6 is 15.9 Å². The zero-order valence-corrected chi connectivity index (χ0v) is 18.3. The molecule has 2 atom stereocenters. The highest BCUT2D eigenvalue weighted by molar-refractivity contribution is 9.10. The zero-order valence-electron chi connectivity index (χ0n) is 15.9. The van der Waals surface area contributed by atoms with E-state index in [1.54, 1.807) is 12.1 Å². The third-order valence-corrected chi connectivity index (χ3v) is 6.56. The Morgan fingerprint density at radius 2 is 1.86 bits per heavy atom. The Hall–Kier alpha value is -1.84. The summed E-state index contributed by atoms with van der Waals surface area (Å²) in [7, 11) is -2.50. The van der Waals surface area contributed by atoms with Crippen LogP contribution in [0.1, 0.15) is 13.8 Å². The predicted octanol–water partition coefficient (Wildman–Crippen LogP) is 3.58. The van der Waals surface area contributed by atoms with Gasteiger partial charge in [-0.2, -0.15) is 0 Å². The summed E-state index contributed by atoms with van der Waals surface area (Å²) < 4.78 is 47.3. The molecule has 6 nitrogen and oxygen atoms in total. The van der Waals surface area contributed by atoms with Gasteiger partial charge in [0.25, 0.3) is 10.0 Å². The van der Waals surface area contributed by atoms with E-state index in [1.165, 1.54) is 19.2 Å². The van der Waals surface area contributed by atoms with Gasteiger partial charge in [-0.05, 0) is 66.2 Å². The maximum Gasteiger partial charge on any atom is 0.262 e. The number of halogens is 2. The molecule has 28 heavy (non-hydrogen) atoms. The smallest absolute Gasteiger partial charge is 0.262 e. The highest BCUT2D eigenvalue weighted by Gasteiger charge is 2.23. The van der Waals surface area contributed by atoms with E-state index in [0.717, 1.165) is 24.8 Å². The van der Waals surface area contributed by atoms with Crippen molar-refractivity contribution in [3.8, 4) is 5.75 Å². The molecule has 0 aliphatic carbocycles. The van der Waals surface area contributed by atoms with Crippen LogP contribution in [-0.4, -0.2) is 40.7 Å². The van der Waals surface area contributed by atoms with Gasteiger partial charge in [0, 0.05) is 30.9 Å². The van der Waals surface area contributed by atoms with Crippen molar-refractivity contribution in [3.63, 3.8) is 0 Å². The molecule has 2 aromatic rings. The Morgan fingerprint density at radius 1 is 1.18 bits per heavy atom. The molecule has 1 fully saturated rings. The molecule has 9 heteroatoms. The molecule has 3 rings (SSSR count). The van der Waals surface area contributed by atoms with E-state index in [1.807, 2.05) is 6.07 Å². The van der Waals surface area contributed by atoms with E-state index < -0.39 is 15.8 Å². The lowest BCUT2D eigenvalue weighted by Gasteiger charge is -2.38. The van der Waals surface area contributed by atoms with Crippen LogP contribution in [-0.2, 0) is 10.0 Å². The lowest BCUT2D eigenvalue weighted by atomic mass is 10.1. The van der Waals surface area contributed by atoms with Crippen LogP contribution in [0, 0.1) is 5.82 Å². The van der Waals surface area contributed by atoms with Gasteiger partial charge in [-0.1, -0.05) is 0 Å². The van der Waals surface area contributed by atoms with Gasteiger partial charge in [-0.25, -0.2) is 12.8 Å². The van der Waals surface area contributed by atoms with Crippen LogP contribution < -0.4 is 19.7 Å². The molecule has 1 saturated heterocycles. The van der Waals surface area contributed by atoms with Crippen LogP contribution in [0.3, 0.4) is 0 Å². The van der Waals surface area contributed by atoms with Crippen LogP contribution in [0.2, 0.25) is 0 Å². The van der Waals surface area contributed by atoms with Crippen LogP contribution in [0.25, 0.3) is 0 Å². The number of nitrogens with zero attached hydrogens (tertiary/aromatic N) is 1. The van der Waals surface area contributed by atoms with Gasteiger partial charge in [-0.3, -0.25) is 4.72 Å². The lowest BCUT2D eigenvalue weighted by molar-refractivity contribution is 0.406. The summed E-state index contributed by atoms with van der Waals surface area (Å²) in [6.07, 6.45) is 0. The largest absolute Gasteiger partial charge is 0.495 e. The van der Waals surface area contributed by atoms with E-state index >= 15 is 0 Å². The van der Waals surface area contributed by atoms with Crippen LogP contribution in [0.5, 0.6) is 5.75 Å². The second-order valence-electron chi connectivity index (χ2n) is 6.94. The summed E-state index contributed by atoms with van der Waals surface area (Å²) in [5.74, 6) is -0.256. The fourth-order valence-electron chi connectivity index (χ4n) is 3.36. The van der Waals surface area contributed by atoms with Gasteiger partial charge in [0.1, 0.15) is 11.6 Å². The third kappa shape index (κ3) is 4.59. The van der Waals surface area contributed by atoms with Gasteiger partial charge < -0.3 is 15.0 Å². The highest BCUT2D eigenvalue weighted by atomic mass is 79.9. The number of hydrogen-bond donors (Lipinski definition) is 2. The van der Waals surface area contributed by atoms with E-state index in [0.29, 0.717) is 23.5 Å². The SMILES string of the molecule is COc1ccc(N2CC(C)NC(C)C2)cc1NS(=O)(=O)c1ccc(Br)c(F)c1. The normalized spacial score (nSPS) is 20.1. The number of piperazine rings is 1. The molecule has 1 aliphatic heterocycles. The Morgan fingerprint density at radius 3 is 2.46 bits per heavy atom. The number of ether oxygens (including phenoxy) is 1. The number of benzene rings is 2. The van der Waals surface area contributed by atoms with Gasteiger partial charge in [-0.15, -0.1) is 0 Å². The Balaban J connectivity index is 1.93. The molecule has 152 valence electrons. The number of nitrogens with one attached hydrogen (secondary N) is 2. The first-order valence-electron chi connectivity index (χ1n) is 8.86. The number of methoxy groups -OCH3 is 1. The molecule has 0 aromatic heterocycles. The molecule has 0 saturated carbocycles. The Labute approximate surface area is 173 Å². The van der Waals surface area contributed by atoms with Crippen molar-refractivity contribution in [3.05, 3.63) is 46.7 Å². The maximum absolute atomic E-state index is 13.8. The first kappa shape index (κ1) is 20.9. The minimum Gasteiger partial charge on any atom is -0.495 e. The number of anilines is 2. The van der Waals surface area contributed by atoms with Crippen molar-refractivity contribution in [2.75, 3.05) is 29.8 Å². The molecule has 0 spiro atoms. The second-order valence-corrected chi connectivity index (χ2v) is 9.48. The van der Waals surface area contributed by atoms with Crippen molar-refractivity contribution in [2.45, 2.75) is 30.8 Å². The van der Waals surface area contributed by atoms with Crippen molar-refractivity contribution in [1.29, 1.82) is 0 Å². The minimum atomic E-state index is -3.98. The van der Waals surface area contributed by atoms with E-state index in [4.69, 9.17) is 4.74 Å². The molecule has 0 amide bonds. The monoisotopic (exact) mass is 471 g/mol. The number of hydrogen-bond acceptors (Lipinski definition) is 5. The number of rotatable bonds is 5. The van der Waals surface area contributed by atoms with Crippen LogP contribution in [0.15, 0.2) is 45.8 Å². The third-order valence-electron chi connectivity index (χ3n) is 4.55. The van der Waals surface area contributed by atoms with Crippen molar-refractivity contribution in [1.82, 2.24) is 5.32 Å². The van der Waals surface area contributed by atoms with Crippen LogP contribution in [0.4, 0.5) is 15.8 Å². The van der Waals surface area contributed by atoms with E-state index in [-0.39, 0.29) is 9.37 Å². The topological polar surface area (TPSA) is 70.7 Å². The minimum absolute atomic E-state index is 0.162. The van der Waals surface area contributed by atoms with E-state index in [2.05, 4.69) is 44.7 Å². The molecule has 0 radical (unpaired) electrons. The highest BCUT2D eigenvalue weighted by Crippen LogP contribution is 2.32. The molecule has 2 aromatic carbocycles. The Bertz CT molecular complexity index is 961. The zero-order chi connectivity index (χ0) is 20.5. The summed E-state index contributed by atoms with van der Waals surface area (Å²) in [5.41, 5.74) is 1.20. The second kappa shape index (κ2) is 8.26. The summed E-state index contributed by atoms with van der Waals surface area (Å²) in [4.78, 5) is 2.03. The average molecular weight is 472 g/mol. The van der Waals surface area contributed by atoms with Crippen molar-refractivity contribution >= 4 is 37.3 Å². The Kier molecular flexibility index (Phi) is 6.16. The van der Waals surface area contributed by atoms with E-state index in [9.17, 15) is 12.8 Å². The summed E-state index contributed by atoms with van der Waals surface area (Å²) in [6, 6.07) is 9.69. The standard InChI is InChI=1S/C19H23BrFN3O3S/c1-12-10-24(11-13(2)22-12)14-4-7-19(27-3)18(8-14)23-28(25,26)15-5-6-16(20)17(21)9-15/h4-9,12-13,22-23H,10-11H2,1-3H3. The quantitative estimate of drug-likeness (QED) is 0.697. The maximum atomic E-state index is 13.8. The molecular weight excluding hydrogens is 449 g/mol. The molecular formula is C19H23BrFN3O3S. The fourth-order valence-corrected chi connectivity index (χ4v) is 4.68. The number of sulfonamides is 1. The molecule has 2 N–H and O–H groups in total. The van der Waals surface area contributed by atoms with Gasteiger partial charge >= 0.3 is 0 Å². The predicted molar refractivity (Wildman–Crippen MR) is 112 cm³/mol. The van der Waals surface area contributed by atoms with Gasteiger partial charge in [0.2, 0.25) is 0 Å². The molecule has 1 heterocycles. The van der Waals surface area contributed by atoms with Crippen molar-refractivity contribution in [2.24, 2.45) is 0 Å². The molecule has 0 bridgehead atoms. The summed E-state index contributed by atoms with van der Waals surface area (Å²) in [6.45, 7) is 5.83. The average Bonchev–Trinajstić information content (AvgIpc) is 2.62. The summed E-state index contributed by atoms with van der Waals surface area (Å²) >= 11 is 3.03. The first-order chi connectivity index (χ1) is 13.2. The summed E-state index contributed by atoms with van der Waals surface area (Å²) in [5, 5.41) is 3.47. The molecule has 1 aliphatic rings.